The first kappa shape index (κ1) is 20.3. The molecule has 0 aliphatic carbocycles. The van der Waals surface area contributed by atoms with Gasteiger partial charge in [-0.3, -0.25) is 14.3 Å². The van der Waals surface area contributed by atoms with Crippen LogP contribution in [0.4, 0.5) is 5.00 Å². The number of ether oxygens (including phenoxy) is 1. The van der Waals surface area contributed by atoms with Crippen LogP contribution in [-0.4, -0.2) is 34.0 Å². The van der Waals surface area contributed by atoms with Crippen LogP contribution in [0.1, 0.15) is 51.6 Å². The summed E-state index contributed by atoms with van der Waals surface area (Å²) in [6, 6.07) is 0. The molecule has 0 aliphatic rings. The minimum atomic E-state index is -0.546. The van der Waals surface area contributed by atoms with Crippen molar-refractivity contribution in [1.82, 2.24) is 9.78 Å². The van der Waals surface area contributed by atoms with E-state index < -0.39 is 5.97 Å². The number of halogens is 1. The summed E-state index contributed by atoms with van der Waals surface area (Å²) in [6.07, 6.45) is 1.98. The van der Waals surface area contributed by atoms with Crippen LogP contribution >= 0.6 is 27.3 Å². The third-order valence-electron chi connectivity index (χ3n) is 3.65. The van der Waals surface area contributed by atoms with E-state index in [1.165, 1.54) is 6.92 Å². The maximum Gasteiger partial charge on any atom is 0.341 e. The summed E-state index contributed by atoms with van der Waals surface area (Å²) in [5.74, 6) is -0.970. The standard InChI is InChI=1S/C17H20BrN3O4S/c1-5-25-17(24)14-9(2)15(11(4)22)26-16(14)19-13(23)6-7-21-8-12(18)10(3)20-21/h8H,5-7H2,1-4H3,(H,19,23). The monoisotopic (exact) mass is 441 g/mol. The van der Waals surface area contributed by atoms with Crippen molar-refractivity contribution in [2.24, 2.45) is 0 Å². The quantitative estimate of drug-likeness (QED) is 0.521. The van der Waals surface area contributed by atoms with Crippen molar-refractivity contribution in [2.45, 2.75) is 40.7 Å². The number of hydrogen-bond acceptors (Lipinski definition) is 6. The third-order valence-corrected chi connectivity index (χ3v) is 5.74. The summed E-state index contributed by atoms with van der Waals surface area (Å²) >= 11 is 4.47. The van der Waals surface area contributed by atoms with Gasteiger partial charge in [-0.05, 0) is 49.2 Å². The molecule has 0 bridgehead atoms. The number of nitrogens with zero attached hydrogens (tertiary/aromatic N) is 2. The molecule has 0 atom stereocenters. The van der Waals surface area contributed by atoms with Gasteiger partial charge in [-0.2, -0.15) is 5.10 Å². The fourth-order valence-corrected chi connectivity index (χ4v) is 3.82. The molecule has 0 radical (unpaired) electrons. The van der Waals surface area contributed by atoms with Crippen LogP contribution < -0.4 is 5.32 Å². The van der Waals surface area contributed by atoms with Crippen LogP contribution in [0.25, 0.3) is 0 Å². The molecule has 0 saturated heterocycles. The first-order valence-electron chi connectivity index (χ1n) is 8.05. The van der Waals surface area contributed by atoms with E-state index in [1.54, 1.807) is 24.7 Å². The molecule has 1 N–H and O–H groups in total. The summed E-state index contributed by atoms with van der Waals surface area (Å²) in [6.45, 7) is 7.29. The van der Waals surface area contributed by atoms with Crippen molar-refractivity contribution < 1.29 is 19.1 Å². The van der Waals surface area contributed by atoms with Gasteiger partial charge in [0.05, 0.1) is 27.2 Å². The molecule has 0 fully saturated rings. The Morgan fingerprint density at radius 1 is 1.35 bits per heavy atom. The molecule has 2 aromatic rings. The number of anilines is 1. The molecule has 26 heavy (non-hydrogen) atoms. The minimum absolute atomic E-state index is 0.157. The first-order chi connectivity index (χ1) is 12.2. The van der Waals surface area contributed by atoms with Gasteiger partial charge >= 0.3 is 5.97 Å². The highest BCUT2D eigenvalue weighted by atomic mass is 79.9. The SMILES string of the molecule is CCOC(=O)c1c(NC(=O)CCn2cc(Br)c(C)n2)sc(C(C)=O)c1C. The van der Waals surface area contributed by atoms with Gasteiger partial charge < -0.3 is 10.1 Å². The highest BCUT2D eigenvalue weighted by Gasteiger charge is 2.25. The number of rotatable bonds is 7. The molecular formula is C17H20BrN3O4S. The molecule has 1 amide bonds. The molecule has 140 valence electrons. The maximum absolute atomic E-state index is 12.3. The Labute approximate surface area is 163 Å². The Morgan fingerprint density at radius 2 is 2.04 bits per heavy atom. The van der Waals surface area contributed by atoms with E-state index in [0.717, 1.165) is 21.5 Å². The van der Waals surface area contributed by atoms with E-state index >= 15 is 0 Å². The summed E-state index contributed by atoms with van der Waals surface area (Å²) in [5.41, 5.74) is 1.62. The highest BCUT2D eigenvalue weighted by Crippen LogP contribution is 2.34. The number of Topliss-reactive ketones (excluding diaryl/α,β-unsaturated/α-hetero) is 1. The molecule has 2 aromatic heterocycles. The lowest BCUT2D eigenvalue weighted by Crippen LogP contribution is -2.16. The van der Waals surface area contributed by atoms with Gasteiger partial charge in [0.2, 0.25) is 5.91 Å². The maximum atomic E-state index is 12.3. The van der Waals surface area contributed by atoms with Crippen molar-refractivity contribution in [2.75, 3.05) is 11.9 Å². The van der Waals surface area contributed by atoms with Gasteiger partial charge in [-0.25, -0.2) is 4.79 Å². The van der Waals surface area contributed by atoms with Gasteiger partial charge in [-0.15, -0.1) is 11.3 Å². The second-order valence-electron chi connectivity index (χ2n) is 5.66. The molecular weight excluding hydrogens is 422 g/mol. The van der Waals surface area contributed by atoms with Crippen LogP contribution in [0.3, 0.4) is 0 Å². The number of hydrogen-bond donors (Lipinski definition) is 1. The summed E-state index contributed by atoms with van der Waals surface area (Å²) in [7, 11) is 0. The van der Waals surface area contributed by atoms with Crippen molar-refractivity contribution in [3.8, 4) is 0 Å². The van der Waals surface area contributed by atoms with Gasteiger partial charge in [0.25, 0.3) is 0 Å². The molecule has 0 unspecified atom stereocenters. The average Bonchev–Trinajstić information content (AvgIpc) is 3.05. The summed E-state index contributed by atoms with van der Waals surface area (Å²) < 4.78 is 7.60. The topological polar surface area (TPSA) is 90.3 Å². The Balaban J connectivity index is 2.16. The lowest BCUT2D eigenvalue weighted by atomic mass is 10.1. The third kappa shape index (κ3) is 4.59. The lowest BCUT2D eigenvalue weighted by molar-refractivity contribution is -0.116. The van der Waals surface area contributed by atoms with E-state index in [-0.39, 0.29) is 30.3 Å². The van der Waals surface area contributed by atoms with Crippen LogP contribution in [0.15, 0.2) is 10.7 Å². The van der Waals surface area contributed by atoms with Crippen molar-refractivity contribution in [3.63, 3.8) is 0 Å². The largest absolute Gasteiger partial charge is 0.462 e. The summed E-state index contributed by atoms with van der Waals surface area (Å²) in [4.78, 5) is 36.7. The number of aryl methyl sites for hydroxylation is 2. The zero-order valence-corrected chi connectivity index (χ0v) is 17.4. The van der Waals surface area contributed by atoms with Crippen LogP contribution in [0.2, 0.25) is 0 Å². The van der Waals surface area contributed by atoms with E-state index in [0.29, 0.717) is 22.0 Å². The molecule has 2 heterocycles. The second-order valence-corrected chi connectivity index (χ2v) is 7.54. The fraction of sp³-hybridized carbons (Fsp3) is 0.412. The number of nitrogens with one attached hydrogen (secondary N) is 1. The Hall–Kier alpha value is -2.00. The highest BCUT2D eigenvalue weighted by molar-refractivity contribution is 9.10. The van der Waals surface area contributed by atoms with Crippen LogP contribution in [-0.2, 0) is 16.1 Å². The zero-order chi connectivity index (χ0) is 19.4. The van der Waals surface area contributed by atoms with E-state index in [9.17, 15) is 14.4 Å². The predicted octanol–water partition coefficient (Wildman–Crippen LogP) is 3.73. The number of amides is 1. The van der Waals surface area contributed by atoms with E-state index in [1.807, 2.05) is 6.92 Å². The molecule has 7 nitrogen and oxygen atoms in total. The van der Waals surface area contributed by atoms with Gasteiger partial charge in [0.1, 0.15) is 5.00 Å². The number of thiophene rings is 1. The van der Waals surface area contributed by atoms with Crippen LogP contribution in [0.5, 0.6) is 0 Å². The zero-order valence-electron chi connectivity index (χ0n) is 15.0. The Kier molecular flexibility index (Phi) is 6.71. The minimum Gasteiger partial charge on any atom is -0.462 e. The normalized spacial score (nSPS) is 10.7. The van der Waals surface area contributed by atoms with Gasteiger partial charge in [0.15, 0.2) is 5.78 Å². The molecule has 9 heteroatoms. The fourth-order valence-electron chi connectivity index (χ4n) is 2.40. The number of carbonyl (C=O) groups is 3. The molecule has 0 aromatic carbocycles. The molecule has 0 saturated carbocycles. The average molecular weight is 442 g/mol. The van der Waals surface area contributed by atoms with Crippen LogP contribution in [0, 0.1) is 13.8 Å². The Morgan fingerprint density at radius 3 is 2.58 bits per heavy atom. The second kappa shape index (κ2) is 8.59. The predicted molar refractivity (Wildman–Crippen MR) is 103 cm³/mol. The lowest BCUT2D eigenvalue weighted by Gasteiger charge is -2.07. The first-order valence-corrected chi connectivity index (χ1v) is 9.66. The van der Waals surface area contributed by atoms with Crippen molar-refractivity contribution in [3.05, 3.63) is 32.4 Å². The Bertz CT molecular complexity index is 837. The number of aromatic nitrogens is 2. The molecule has 0 spiro atoms. The smallest absolute Gasteiger partial charge is 0.341 e. The molecule has 2 rings (SSSR count). The van der Waals surface area contributed by atoms with Crippen molar-refractivity contribution >= 4 is 49.9 Å². The van der Waals surface area contributed by atoms with Crippen molar-refractivity contribution in [1.29, 1.82) is 0 Å². The van der Waals surface area contributed by atoms with E-state index in [4.69, 9.17) is 4.74 Å². The molecule has 0 aliphatic heterocycles. The number of carbonyl (C=O) groups excluding carboxylic acids is 3. The van der Waals surface area contributed by atoms with Gasteiger partial charge in [0, 0.05) is 19.2 Å². The number of esters is 1. The number of ketones is 1. The van der Waals surface area contributed by atoms with Gasteiger partial charge in [-0.1, -0.05) is 0 Å². The summed E-state index contributed by atoms with van der Waals surface area (Å²) in [5, 5.41) is 7.35. The van der Waals surface area contributed by atoms with E-state index in [2.05, 4.69) is 26.3 Å².